The number of fused-ring (bicyclic) bond motifs is 2. The number of piperidine rings is 1. The lowest BCUT2D eigenvalue weighted by Crippen LogP contribution is -2.51. The molecular formula is C23H26N4O. The maximum Gasteiger partial charge on any atom is 0.224 e. The van der Waals surface area contributed by atoms with E-state index in [2.05, 4.69) is 58.3 Å². The van der Waals surface area contributed by atoms with Gasteiger partial charge in [-0.25, -0.2) is 0 Å². The van der Waals surface area contributed by atoms with Crippen LogP contribution in [0.4, 0.5) is 0 Å². The van der Waals surface area contributed by atoms with Gasteiger partial charge in [-0.05, 0) is 48.7 Å². The van der Waals surface area contributed by atoms with Crippen molar-refractivity contribution >= 4 is 16.8 Å². The minimum atomic E-state index is 0.0171. The van der Waals surface area contributed by atoms with Gasteiger partial charge in [0.15, 0.2) is 0 Å². The van der Waals surface area contributed by atoms with E-state index in [4.69, 9.17) is 0 Å². The number of pyridine rings is 1. The number of carbonyl (C=O) groups is 1. The second-order valence-electron chi connectivity index (χ2n) is 8.34. The first-order chi connectivity index (χ1) is 13.6. The molecule has 3 aromatic rings. The van der Waals surface area contributed by atoms with Crippen LogP contribution in [-0.2, 0) is 24.8 Å². The smallest absolute Gasteiger partial charge is 0.224 e. The molecule has 2 aliphatic rings. The van der Waals surface area contributed by atoms with Gasteiger partial charge in [0, 0.05) is 61.6 Å². The minimum Gasteiger partial charge on any atom is -0.352 e. The van der Waals surface area contributed by atoms with E-state index in [9.17, 15) is 4.79 Å². The summed E-state index contributed by atoms with van der Waals surface area (Å²) in [5.41, 5.74) is 5.20. The topological polar surface area (TPSA) is 50.2 Å². The third-order valence-electron chi connectivity index (χ3n) is 6.59. The molecule has 1 fully saturated rings. The molecule has 1 amide bonds. The number of amides is 1. The molecule has 1 unspecified atom stereocenters. The quantitative estimate of drug-likeness (QED) is 0.767. The van der Waals surface area contributed by atoms with Gasteiger partial charge >= 0.3 is 0 Å². The Bertz CT molecular complexity index is 1030. The Labute approximate surface area is 165 Å². The van der Waals surface area contributed by atoms with Crippen molar-refractivity contribution < 1.29 is 4.79 Å². The van der Waals surface area contributed by atoms with Crippen molar-refractivity contribution in [1.82, 2.24) is 19.8 Å². The van der Waals surface area contributed by atoms with Crippen LogP contribution in [0.3, 0.4) is 0 Å². The van der Waals surface area contributed by atoms with E-state index >= 15 is 0 Å². The lowest BCUT2D eigenvalue weighted by molar-refractivity contribution is -0.127. The number of aromatic nitrogens is 2. The first-order valence-corrected chi connectivity index (χ1v) is 10.1. The van der Waals surface area contributed by atoms with Gasteiger partial charge < -0.3 is 14.8 Å². The SMILES string of the molecule is CN1C[C@H](C(=O)NCc2cccnc2)CC2c3cccc4c3c(cn4C)C[C@H]21. The molecule has 0 saturated carbocycles. The molecule has 5 heteroatoms. The molecule has 5 rings (SSSR count). The van der Waals surface area contributed by atoms with Gasteiger partial charge in [-0.2, -0.15) is 0 Å². The normalized spacial score (nSPS) is 24.1. The molecule has 3 heterocycles. The number of hydrogen-bond acceptors (Lipinski definition) is 3. The van der Waals surface area contributed by atoms with Gasteiger partial charge in [-0.15, -0.1) is 0 Å². The predicted octanol–water partition coefficient (Wildman–Crippen LogP) is 2.85. The van der Waals surface area contributed by atoms with Gasteiger partial charge in [-0.3, -0.25) is 9.78 Å². The Morgan fingerprint density at radius 3 is 2.96 bits per heavy atom. The fourth-order valence-corrected chi connectivity index (χ4v) is 5.25. The molecule has 3 atom stereocenters. The van der Waals surface area contributed by atoms with Crippen molar-refractivity contribution in [2.24, 2.45) is 13.0 Å². The maximum absolute atomic E-state index is 12.9. The number of benzene rings is 1. The first-order valence-electron chi connectivity index (χ1n) is 10.1. The third kappa shape index (κ3) is 2.81. The number of rotatable bonds is 3. The van der Waals surface area contributed by atoms with Crippen molar-refractivity contribution in [3.63, 3.8) is 0 Å². The molecule has 5 nitrogen and oxygen atoms in total. The number of hydrogen-bond donors (Lipinski definition) is 1. The average Bonchev–Trinajstić information content (AvgIpc) is 3.04. The van der Waals surface area contributed by atoms with Crippen LogP contribution in [0.2, 0.25) is 0 Å². The Morgan fingerprint density at radius 1 is 1.25 bits per heavy atom. The largest absolute Gasteiger partial charge is 0.352 e. The highest BCUT2D eigenvalue weighted by molar-refractivity contribution is 5.89. The standard InChI is InChI=1S/C23H26N4O/c1-26-13-16-10-21-19(18-6-3-7-20(26)22(16)18)9-17(14-27(21)2)23(28)25-12-15-5-4-8-24-11-15/h3-8,11,13,17,19,21H,9-10,12,14H2,1-2H3,(H,25,28)/t17-,19?,21-/m1/s1. The molecule has 28 heavy (non-hydrogen) atoms. The summed E-state index contributed by atoms with van der Waals surface area (Å²) < 4.78 is 2.24. The van der Waals surface area contributed by atoms with Crippen molar-refractivity contribution in [2.75, 3.05) is 13.6 Å². The lowest BCUT2D eigenvalue weighted by Gasteiger charge is -2.45. The van der Waals surface area contributed by atoms with Crippen LogP contribution >= 0.6 is 0 Å². The van der Waals surface area contributed by atoms with Crippen LogP contribution in [0.25, 0.3) is 10.9 Å². The predicted molar refractivity (Wildman–Crippen MR) is 110 cm³/mol. The summed E-state index contributed by atoms with van der Waals surface area (Å²) in [4.78, 5) is 19.4. The second kappa shape index (κ2) is 6.74. The molecule has 1 aliphatic carbocycles. The van der Waals surface area contributed by atoms with Crippen molar-refractivity contribution in [3.8, 4) is 0 Å². The van der Waals surface area contributed by atoms with Crippen molar-refractivity contribution in [1.29, 1.82) is 0 Å². The monoisotopic (exact) mass is 374 g/mol. The average molecular weight is 374 g/mol. The molecular weight excluding hydrogens is 348 g/mol. The minimum absolute atomic E-state index is 0.0171. The highest BCUT2D eigenvalue weighted by Gasteiger charge is 2.41. The number of carbonyl (C=O) groups excluding carboxylic acids is 1. The zero-order chi connectivity index (χ0) is 19.3. The van der Waals surface area contributed by atoms with E-state index in [1.54, 1.807) is 6.20 Å². The van der Waals surface area contributed by atoms with Gasteiger partial charge in [0.2, 0.25) is 5.91 Å². The van der Waals surface area contributed by atoms with Crippen molar-refractivity contribution in [2.45, 2.75) is 31.3 Å². The van der Waals surface area contributed by atoms with E-state index in [0.717, 1.165) is 24.9 Å². The molecule has 1 N–H and O–H groups in total. The maximum atomic E-state index is 12.9. The Morgan fingerprint density at radius 2 is 2.14 bits per heavy atom. The summed E-state index contributed by atoms with van der Waals surface area (Å²) in [6.07, 6.45) is 7.83. The lowest BCUT2D eigenvalue weighted by atomic mass is 9.72. The Balaban J connectivity index is 1.39. The van der Waals surface area contributed by atoms with Crippen LogP contribution in [0.5, 0.6) is 0 Å². The van der Waals surface area contributed by atoms with Crippen LogP contribution < -0.4 is 5.32 Å². The molecule has 1 aromatic carbocycles. The summed E-state index contributed by atoms with van der Waals surface area (Å²) >= 11 is 0. The van der Waals surface area contributed by atoms with Crippen molar-refractivity contribution in [3.05, 3.63) is 65.6 Å². The van der Waals surface area contributed by atoms with Gasteiger partial charge in [0.25, 0.3) is 0 Å². The zero-order valence-corrected chi connectivity index (χ0v) is 16.4. The third-order valence-corrected chi connectivity index (χ3v) is 6.59. The van der Waals surface area contributed by atoms with Crippen LogP contribution in [0, 0.1) is 5.92 Å². The number of nitrogens with one attached hydrogen (secondary N) is 1. The van der Waals surface area contributed by atoms with Gasteiger partial charge in [0.05, 0.1) is 5.92 Å². The molecule has 0 bridgehead atoms. The Hall–Kier alpha value is -2.66. The van der Waals surface area contributed by atoms with Gasteiger partial charge in [0.1, 0.15) is 0 Å². The van der Waals surface area contributed by atoms with Crippen LogP contribution in [0.1, 0.15) is 29.0 Å². The van der Waals surface area contributed by atoms with E-state index in [0.29, 0.717) is 18.5 Å². The number of likely N-dealkylation sites (N-methyl/N-ethyl adjacent to an activating group) is 1. The van der Waals surface area contributed by atoms with Crippen LogP contribution in [-0.4, -0.2) is 40.0 Å². The highest BCUT2D eigenvalue weighted by atomic mass is 16.1. The summed E-state index contributed by atoms with van der Waals surface area (Å²) in [7, 11) is 4.30. The molecule has 0 spiro atoms. The Kier molecular flexibility index (Phi) is 4.20. The van der Waals surface area contributed by atoms with E-state index in [1.165, 1.54) is 22.0 Å². The fourth-order valence-electron chi connectivity index (χ4n) is 5.25. The summed E-state index contributed by atoms with van der Waals surface area (Å²) in [5, 5.41) is 4.54. The number of aryl methyl sites for hydroxylation is 1. The molecule has 1 aliphatic heterocycles. The molecule has 144 valence electrons. The zero-order valence-electron chi connectivity index (χ0n) is 16.4. The number of likely N-dealkylation sites (tertiary alicyclic amines) is 1. The van der Waals surface area contributed by atoms with E-state index in [1.807, 2.05) is 18.3 Å². The van der Waals surface area contributed by atoms with Gasteiger partial charge in [-0.1, -0.05) is 18.2 Å². The summed E-state index contributed by atoms with van der Waals surface area (Å²) in [5.74, 6) is 0.579. The second-order valence-corrected chi connectivity index (χ2v) is 8.34. The fraction of sp³-hybridized carbons (Fsp3) is 0.391. The number of nitrogens with zero attached hydrogens (tertiary/aromatic N) is 3. The highest BCUT2D eigenvalue weighted by Crippen LogP contribution is 2.44. The van der Waals surface area contributed by atoms with Crippen LogP contribution in [0.15, 0.2) is 48.9 Å². The summed E-state index contributed by atoms with van der Waals surface area (Å²) in [6.45, 7) is 1.36. The van der Waals surface area contributed by atoms with E-state index < -0.39 is 0 Å². The molecule has 1 saturated heterocycles. The van der Waals surface area contributed by atoms with E-state index in [-0.39, 0.29) is 11.8 Å². The summed E-state index contributed by atoms with van der Waals surface area (Å²) in [6, 6.07) is 11.0. The molecule has 0 radical (unpaired) electrons. The molecule has 2 aromatic heterocycles. The first kappa shape index (κ1) is 17.4.